The molecule has 2 nitrogen and oxygen atoms in total. The zero-order valence-electron chi connectivity index (χ0n) is 9.46. The number of nitrogens with zero attached hydrogens (tertiary/aromatic N) is 1. The van der Waals surface area contributed by atoms with E-state index in [4.69, 9.17) is 0 Å². The number of hydrogen-bond donors (Lipinski definition) is 1. The quantitative estimate of drug-likeness (QED) is 0.694. The number of hydrogen-bond acceptors (Lipinski definition) is 2. The van der Waals surface area contributed by atoms with Crippen LogP contribution >= 0.6 is 0 Å². The lowest BCUT2D eigenvalue weighted by Crippen LogP contribution is -2.41. The van der Waals surface area contributed by atoms with Gasteiger partial charge in [0.15, 0.2) is 0 Å². The fourth-order valence-corrected chi connectivity index (χ4v) is 2.95. The Kier molecular flexibility index (Phi) is 1.99. The van der Waals surface area contributed by atoms with Gasteiger partial charge in [-0.1, -0.05) is 17.7 Å². The Morgan fingerprint density at radius 2 is 2.27 bits per heavy atom. The van der Waals surface area contributed by atoms with E-state index in [2.05, 4.69) is 42.4 Å². The highest BCUT2D eigenvalue weighted by molar-refractivity contribution is 5.60. The van der Waals surface area contributed by atoms with Gasteiger partial charge in [0.1, 0.15) is 0 Å². The van der Waals surface area contributed by atoms with E-state index in [1.807, 2.05) is 0 Å². The van der Waals surface area contributed by atoms with Crippen molar-refractivity contribution in [1.29, 1.82) is 0 Å². The molecule has 0 amide bonds. The maximum absolute atomic E-state index is 3.65. The molecule has 2 aliphatic heterocycles. The van der Waals surface area contributed by atoms with Crippen LogP contribution in [0, 0.1) is 6.92 Å². The number of fused-ring (bicyclic) bond motifs is 3. The highest BCUT2D eigenvalue weighted by Gasteiger charge is 2.35. The predicted octanol–water partition coefficient (Wildman–Crippen LogP) is 2.21. The molecule has 2 heterocycles. The molecule has 2 atom stereocenters. The Labute approximate surface area is 91.3 Å². The third kappa shape index (κ3) is 1.44. The fourth-order valence-electron chi connectivity index (χ4n) is 2.95. The van der Waals surface area contributed by atoms with E-state index < -0.39 is 0 Å². The van der Waals surface area contributed by atoms with Gasteiger partial charge in [-0.15, -0.1) is 0 Å². The molecule has 1 N–H and O–H groups in total. The van der Waals surface area contributed by atoms with Crippen LogP contribution in [0.4, 0.5) is 5.69 Å². The molecule has 2 heteroatoms. The van der Waals surface area contributed by atoms with E-state index in [0.29, 0.717) is 6.04 Å². The highest BCUT2D eigenvalue weighted by Crippen LogP contribution is 2.40. The van der Waals surface area contributed by atoms with Gasteiger partial charge in [0.2, 0.25) is 0 Å². The summed E-state index contributed by atoms with van der Waals surface area (Å²) >= 11 is 0. The lowest BCUT2D eigenvalue weighted by Gasteiger charge is -2.32. The van der Waals surface area contributed by atoms with Gasteiger partial charge in [-0.3, -0.25) is 0 Å². The largest absolute Gasteiger partial charge is 0.380 e. The highest BCUT2D eigenvalue weighted by atomic mass is 15.2. The van der Waals surface area contributed by atoms with E-state index >= 15 is 0 Å². The molecule has 0 radical (unpaired) electrons. The number of anilines is 1. The van der Waals surface area contributed by atoms with Gasteiger partial charge in [0.25, 0.3) is 0 Å². The number of aryl methyl sites for hydroxylation is 1. The van der Waals surface area contributed by atoms with Crippen LogP contribution < -0.4 is 5.32 Å². The van der Waals surface area contributed by atoms with E-state index in [9.17, 15) is 0 Å². The first-order valence-corrected chi connectivity index (χ1v) is 5.79. The molecule has 0 aliphatic carbocycles. The second-order valence-corrected chi connectivity index (χ2v) is 5.00. The van der Waals surface area contributed by atoms with Gasteiger partial charge in [-0.2, -0.15) is 0 Å². The van der Waals surface area contributed by atoms with Crippen LogP contribution in [0.3, 0.4) is 0 Å². The van der Waals surface area contributed by atoms with E-state index in [1.165, 1.54) is 30.8 Å². The third-order valence-corrected chi connectivity index (χ3v) is 3.76. The molecule has 0 bridgehead atoms. The zero-order valence-corrected chi connectivity index (χ0v) is 9.46. The molecule has 80 valence electrons. The maximum Gasteiger partial charge on any atom is 0.0458 e. The second kappa shape index (κ2) is 3.24. The van der Waals surface area contributed by atoms with Crippen molar-refractivity contribution in [3.8, 4) is 0 Å². The van der Waals surface area contributed by atoms with Crippen LogP contribution in [0.2, 0.25) is 0 Å². The molecule has 3 rings (SSSR count). The fraction of sp³-hybridized carbons (Fsp3) is 0.538. The Morgan fingerprint density at radius 3 is 3.13 bits per heavy atom. The molecule has 2 unspecified atom stereocenters. The minimum Gasteiger partial charge on any atom is -0.380 e. The van der Waals surface area contributed by atoms with Crippen LogP contribution in [0.1, 0.15) is 23.5 Å². The van der Waals surface area contributed by atoms with Crippen molar-refractivity contribution < 1.29 is 0 Å². The standard InChI is InChI=1S/C13H18N2/c1-9-3-4-12-11(7-9)10-5-6-15(2)8-13(10)14-12/h3-4,7,10,13-14H,5-6,8H2,1-2H3. The van der Waals surface area contributed by atoms with Crippen molar-refractivity contribution in [2.75, 3.05) is 25.5 Å². The first kappa shape index (κ1) is 9.22. The SMILES string of the molecule is Cc1ccc2c(c1)C1CCN(C)CC1N2. The Bertz CT molecular complexity index is 386. The summed E-state index contributed by atoms with van der Waals surface area (Å²) in [5.41, 5.74) is 4.30. The molecule has 1 aromatic carbocycles. The number of piperidine rings is 1. The molecule has 0 aromatic heterocycles. The van der Waals surface area contributed by atoms with Crippen LogP contribution in [0.15, 0.2) is 18.2 Å². The molecule has 1 fully saturated rings. The molecule has 0 saturated carbocycles. The number of likely N-dealkylation sites (tertiary alicyclic amines) is 1. The number of likely N-dealkylation sites (N-methyl/N-ethyl adjacent to an activating group) is 1. The van der Waals surface area contributed by atoms with Gasteiger partial charge in [0, 0.05) is 24.2 Å². The predicted molar refractivity (Wildman–Crippen MR) is 63.4 cm³/mol. The van der Waals surface area contributed by atoms with Gasteiger partial charge < -0.3 is 10.2 Å². The summed E-state index contributed by atoms with van der Waals surface area (Å²) < 4.78 is 0. The first-order chi connectivity index (χ1) is 7.24. The smallest absolute Gasteiger partial charge is 0.0458 e. The minimum atomic E-state index is 0.639. The summed E-state index contributed by atoms with van der Waals surface area (Å²) in [4.78, 5) is 2.42. The average Bonchev–Trinajstić information content (AvgIpc) is 2.54. The van der Waals surface area contributed by atoms with Crippen molar-refractivity contribution in [3.05, 3.63) is 29.3 Å². The monoisotopic (exact) mass is 202 g/mol. The topological polar surface area (TPSA) is 15.3 Å². The van der Waals surface area contributed by atoms with E-state index in [0.717, 1.165) is 5.92 Å². The molecule has 2 aliphatic rings. The van der Waals surface area contributed by atoms with Gasteiger partial charge in [0.05, 0.1) is 0 Å². The van der Waals surface area contributed by atoms with E-state index in [1.54, 1.807) is 5.56 Å². The second-order valence-electron chi connectivity index (χ2n) is 5.00. The molecule has 0 spiro atoms. The average molecular weight is 202 g/mol. The third-order valence-electron chi connectivity index (χ3n) is 3.76. The molecular weight excluding hydrogens is 184 g/mol. The lowest BCUT2D eigenvalue weighted by molar-refractivity contribution is 0.245. The zero-order chi connectivity index (χ0) is 10.4. The normalized spacial score (nSPS) is 29.5. The van der Waals surface area contributed by atoms with Gasteiger partial charge >= 0.3 is 0 Å². The summed E-state index contributed by atoms with van der Waals surface area (Å²) in [5.74, 6) is 0.746. The lowest BCUT2D eigenvalue weighted by atomic mass is 9.88. The Balaban J connectivity index is 1.96. The minimum absolute atomic E-state index is 0.639. The maximum atomic E-state index is 3.65. The van der Waals surface area contributed by atoms with Crippen LogP contribution in [-0.2, 0) is 0 Å². The van der Waals surface area contributed by atoms with Crippen molar-refractivity contribution in [2.24, 2.45) is 0 Å². The summed E-state index contributed by atoms with van der Waals surface area (Å²) in [5, 5.41) is 3.65. The molecule has 15 heavy (non-hydrogen) atoms. The number of nitrogens with one attached hydrogen (secondary N) is 1. The van der Waals surface area contributed by atoms with Crippen molar-refractivity contribution >= 4 is 5.69 Å². The summed E-state index contributed by atoms with van der Waals surface area (Å²) in [7, 11) is 2.21. The Morgan fingerprint density at radius 1 is 1.40 bits per heavy atom. The van der Waals surface area contributed by atoms with Gasteiger partial charge in [-0.05, 0) is 38.6 Å². The molecule has 1 saturated heterocycles. The summed E-state index contributed by atoms with van der Waals surface area (Å²) in [6, 6.07) is 7.44. The first-order valence-electron chi connectivity index (χ1n) is 5.79. The van der Waals surface area contributed by atoms with Crippen LogP contribution in [0.25, 0.3) is 0 Å². The van der Waals surface area contributed by atoms with Crippen LogP contribution in [0.5, 0.6) is 0 Å². The van der Waals surface area contributed by atoms with Crippen molar-refractivity contribution in [3.63, 3.8) is 0 Å². The van der Waals surface area contributed by atoms with Crippen molar-refractivity contribution in [1.82, 2.24) is 4.90 Å². The van der Waals surface area contributed by atoms with Gasteiger partial charge in [-0.25, -0.2) is 0 Å². The van der Waals surface area contributed by atoms with E-state index in [-0.39, 0.29) is 0 Å². The van der Waals surface area contributed by atoms with Crippen LogP contribution in [-0.4, -0.2) is 31.1 Å². The Hall–Kier alpha value is -1.02. The summed E-state index contributed by atoms with van der Waals surface area (Å²) in [6.07, 6.45) is 1.30. The molecule has 1 aromatic rings. The summed E-state index contributed by atoms with van der Waals surface area (Å²) in [6.45, 7) is 4.59. The number of benzene rings is 1. The number of rotatable bonds is 0. The van der Waals surface area contributed by atoms with Crippen molar-refractivity contribution in [2.45, 2.75) is 25.3 Å². The molecular formula is C13H18N2.